The fourth-order valence-electron chi connectivity index (χ4n) is 7.60. The van der Waals surface area contributed by atoms with E-state index in [0.29, 0.717) is 44.4 Å². The van der Waals surface area contributed by atoms with Crippen LogP contribution in [0.15, 0.2) is 36.5 Å². The van der Waals surface area contributed by atoms with Crippen LogP contribution >= 0.6 is 0 Å². The molecular formula is C38H47F4N5O9S. The molecule has 1 aromatic heterocycles. The molecule has 0 spiro atoms. The Balaban J connectivity index is 1.36. The third kappa shape index (κ3) is 8.77. The van der Waals surface area contributed by atoms with E-state index in [4.69, 9.17) is 9.47 Å². The number of hydrogen-bond donors (Lipinski definition) is 3. The van der Waals surface area contributed by atoms with E-state index in [0.717, 1.165) is 4.90 Å². The predicted molar refractivity (Wildman–Crippen MR) is 197 cm³/mol. The molecule has 4 aliphatic rings. The lowest BCUT2D eigenvalue weighted by molar-refractivity contribution is -0.197. The second-order valence-electron chi connectivity index (χ2n) is 16.0. The predicted octanol–water partition coefficient (Wildman–Crippen LogP) is 4.66. The van der Waals surface area contributed by atoms with Crippen LogP contribution in [0.2, 0.25) is 0 Å². The van der Waals surface area contributed by atoms with Gasteiger partial charge in [-0.1, -0.05) is 26.0 Å². The van der Waals surface area contributed by atoms with E-state index in [1.165, 1.54) is 32.4 Å². The summed E-state index contributed by atoms with van der Waals surface area (Å²) >= 11 is 0. The first-order valence-electron chi connectivity index (χ1n) is 18.9. The van der Waals surface area contributed by atoms with E-state index in [1.807, 2.05) is 13.0 Å². The number of amides is 4. The van der Waals surface area contributed by atoms with Crippen molar-refractivity contribution in [3.05, 3.63) is 42.4 Å². The lowest BCUT2D eigenvalue weighted by Crippen LogP contribution is -2.59. The number of pyridine rings is 1. The number of benzene rings is 1. The maximum absolute atomic E-state index is 14.7. The largest absolute Gasteiger partial charge is 0.496 e. The molecule has 3 fully saturated rings. The minimum absolute atomic E-state index is 0.0468. The maximum atomic E-state index is 14.7. The number of nitrogens with zero attached hydrogens (tertiary/aromatic N) is 2. The van der Waals surface area contributed by atoms with Gasteiger partial charge >= 0.3 is 12.3 Å². The fraction of sp³-hybridized carbons (Fsp3) is 0.605. The van der Waals surface area contributed by atoms with Gasteiger partial charge in [-0.05, 0) is 76.3 Å². The molecule has 2 aliphatic carbocycles. The summed E-state index contributed by atoms with van der Waals surface area (Å²) in [4.78, 5) is 61.2. The van der Waals surface area contributed by atoms with Gasteiger partial charge in [-0.3, -0.25) is 19.1 Å². The molecule has 4 amide bonds. The Labute approximate surface area is 327 Å². The van der Waals surface area contributed by atoms with Crippen molar-refractivity contribution in [2.75, 3.05) is 13.7 Å². The molecule has 1 saturated heterocycles. The monoisotopic (exact) mass is 825 g/mol. The number of alkyl carbamates (subject to hydrolysis) is 1. The number of ether oxygens (including phenoxy) is 3. The number of sulfonamides is 1. The quantitative estimate of drug-likeness (QED) is 0.250. The standard InChI is InChI=1S/C38H47F4N5O9S/c1-20-8-6-7-9-23-18-37(23,34(50)46-57(52,53)36(4)11-12-36)45-31(48)28-17-25(56-32-27-15-24(39)16-29(54-5)26(27)10-13-43-32)19-47(28)33(49)30(21(2)14-20)44-35(51)55-22(3)38(40,41)42/h7,9-10,13,15-16,20-23,25,28,30H,6,8,11-12,14,17-19H2,1-5H3,(H,44,51)(H,45,48)(H,46,50)/b9-7-/t20-,21-,22-,23-,25-,28+,30+,37-/m1/s1. The number of allylic oxidation sites excluding steroid dienone is 1. The van der Waals surface area contributed by atoms with Gasteiger partial charge < -0.3 is 29.7 Å². The van der Waals surface area contributed by atoms with Crippen LogP contribution in [-0.2, 0) is 29.1 Å². The summed E-state index contributed by atoms with van der Waals surface area (Å²) < 4.78 is 98.2. The Morgan fingerprint density at radius 1 is 1.12 bits per heavy atom. The second kappa shape index (κ2) is 15.6. The molecule has 57 heavy (non-hydrogen) atoms. The highest BCUT2D eigenvalue weighted by Crippen LogP contribution is 2.48. The number of carbonyl (C=O) groups is 4. The van der Waals surface area contributed by atoms with Crippen LogP contribution in [0.3, 0.4) is 0 Å². The van der Waals surface area contributed by atoms with E-state index in [1.54, 1.807) is 19.1 Å². The summed E-state index contributed by atoms with van der Waals surface area (Å²) in [7, 11) is -2.74. The van der Waals surface area contributed by atoms with Crippen LogP contribution in [0, 0.1) is 23.6 Å². The zero-order valence-electron chi connectivity index (χ0n) is 32.2. The summed E-state index contributed by atoms with van der Waals surface area (Å²) in [5, 5.41) is 5.75. The number of rotatable bonds is 8. The molecule has 6 rings (SSSR count). The molecule has 3 N–H and O–H groups in total. The van der Waals surface area contributed by atoms with Gasteiger partial charge in [-0.25, -0.2) is 22.6 Å². The SMILES string of the molecule is COc1cc(F)cc2c(O[C@@H]3C[C@H]4C(=O)N[C@]5(C(=O)NS(=O)(=O)C6(C)CC6)C[C@H]5/C=C\CC[C@@H](C)C[C@@H](C)[C@H](NC(=O)O[C@H](C)C(F)(F)F)C(=O)N4C3)nccc12. The highest BCUT2D eigenvalue weighted by atomic mass is 32.2. The number of halogens is 4. The van der Waals surface area contributed by atoms with Crippen molar-refractivity contribution in [3.63, 3.8) is 0 Å². The number of methoxy groups -OCH3 is 1. The Morgan fingerprint density at radius 3 is 2.51 bits per heavy atom. The Kier molecular flexibility index (Phi) is 11.5. The average molecular weight is 826 g/mol. The Bertz CT molecular complexity index is 2060. The number of fused-ring (bicyclic) bond motifs is 3. The Hall–Kier alpha value is -4.68. The van der Waals surface area contributed by atoms with E-state index in [9.17, 15) is 45.2 Å². The van der Waals surface area contributed by atoms with Gasteiger partial charge in [0, 0.05) is 30.0 Å². The van der Waals surface area contributed by atoms with Crippen LogP contribution in [0.25, 0.3) is 10.8 Å². The summed E-state index contributed by atoms with van der Waals surface area (Å²) in [6.07, 6.45) is -2.82. The molecule has 0 bridgehead atoms. The van der Waals surface area contributed by atoms with Crippen LogP contribution in [-0.4, -0.2) is 96.5 Å². The summed E-state index contributed by atoms with van der Waals surface area (Å²) in [6, 6.07) is 1.09. The molecule has 14 nitrogen and oxygen atoms in total. The molecule has 312 valence electrons. The Morgan fingerprint density at radius 2 is 1.84 bits per heavy atom. The van der Waals surface area contributed by atoms with Crippen LogP contribution < -0.4 is 24.8 Å². The molecule has 2 aromatic rings. The lowest BCUT2D eigenvalue weighted by atomic mass is 9.88. The number of alkyl halides is 3. The van der Waals surface area contributed by atoms with Gasteiger partial charge in [-0.15, -0.1) is 0 Å². The van der Waals surface area contributed by atoms with Crippen molar-refractivity contribution >= 4 is 44.6 Å². The van der Waals surface area contributed by atoms with Crippen molar-refractivity contribution in [1.29, 1.82) is 0 Å². The van der Waals surface area contributed by atoms with Crippen molar-refractivity contribution in [2.45, 2.75) is 113 Å². The highest BCUT2D eigenvalue weighted by molar-refractivity contribution is 7.91. The molecule has 2 saturated carbocycles. The summed E-state index contributed by atoms with van der Waals surface area (Å²) in [5.41, 5.74) is -1.68. The molecule has 0 unspecified atom stereocenters. The summed E-state index contributed by atoms with van der Waals surface area (Å²) in [6.45, 7) is 5.43. The zero-order chi connectivity index (χ0) is 41.7. The average Bonchev–Trinajstić information content (AvgIpc) is 4.01. The number of hydrogen-bond acceptors (Lipinski definition) is 10. The second-order valence-corrected chi connectivity index (χ2v) is 18.2. The third-order valence-corrected chi connectivity index (χ3v) is 13.7. The normalized spacial score (nSPS) is 30.0. The first kappa shape index (κ1) is 41.9. The molecule has 1 aromatic carbocycles. The minimum atomic E-state index is -4.87. The first-order valence-corrected chi connectivity index (χ1v) is 20.3. The minimum Gasteiger partial charge on any atom is -0.496 e. The zero-order valence-corrected chi connectivity index (χ0v) is 33.0. The van der Waals surface area contributed by atoms with Crippen LogP contribution in [0.4, 0.5) is 22.4 Å². The van der Waals surface area contributed by atoms with E-state index >= 15 is 0 Å². The van der Waals surface area contributed by atoms with Gasteiger partial charge in [0.2, 0.25) is 27.7 Å². The van der Waals surface area contributed by atoms with Crippen LogP contribution in [0.1, 0.15) is 72.6 Å². The van der Waals surface area contributed by atoms with Crippen molar-refractivity contribution in [2.24, 2.45) is 17.8 Å². The van der Waals surface area contributed by atoms with Gasteiger partial charge in [0.25, 0.3) is 5.91 Å². The van der Waals surface area contributed by atoms with Gasteiger partial charge in [0.15, 0.2) is 6.10 Å². The molecule has 19 heteroatoms. The topological polar surface area (TPSA) is 182 Å². The van der Waals surface area contributed by atoms with Crippen molar-refractivity contribution in [3.8, 4) is 11.6 Å². The number of nitrogens with one attached hydrogen (secondary N) is 3. The van der Waals surface area contributed by atoms with E-state index < -0.39 is 92.2 Å². The van der Waals surface area contributed by atoms with E-state index in [-0.39, 0.29) is 42.3 Å². The van der Waals surface area contributed by atoms with Crippen molar-refractivity contribution in [1.82, 2.24) is 25.2 Å². The number of carbonyl (C=O) groups excluding carboxylic acids is 4. The molecule has 8 atom stereocenters. The number of aromatic nitrogens is 1. The fourth-order valence-corrected chi connectivity index (χ4v) is 8.91. The van der Waals surface area contributed by atoms with Gasteiger partial charge in [0.1, 0.15) is 35.3 Å². The van der Waals surface area contributed by atoms with E-state index in [2.05, 4.69) is 25.1 Å². The third-order valence-electron chi connectivity index (χ3n) is 11.5. The lowest BCUT2D eigenvalue weighted by Gasteiger charge is -2.33. The molecule has 0 radical (unpaired) electrons. The van der Waals surface area contributed by atoms with Crippen LogP contribution in [0.5, 0.6) is 11.6 Å². The molecule has 2 aliphatic heterocycles. The van der Waals surface area contributed by atoms with Gasteiger partial charge in [-0.2, -0.15) is 13.2 Å². The smallest absolute Gasteiger partial charge is 0.425 e. The molecular weight excluding hydrogens is 779 g/mol. The summed E-state index contributed by atoms with van der Waals surface area (Å²) in [5.74, 6) is -4.41. The highest BCUT2D eigenvalue weighted by Gasteiger charge is 2.63. The van der Waals surface area contributed by atoms with Crippen molar-refractivity contribution < 1.29 is 59.4 Å². The van der Waals surface area contributed by atoms with Gasteiger partial charge in [0.05, 0.1) is 23.8 Å². The molecule has 3 heterocycles. The maximum Gasteiger partial charge on any atom is 0.425 e. The first-order chi connectivity index (χ1) is 26.7.